The first kappa shape index (κ1) is 26.9. The van der Waals surface area contributed by atoms with E-state index < -0.39 is 5.41 Å². The van der Waals surface area contributed by atoms with Crippen LogP contribution in [0, 0.1) is 12.3 Å². The van der Waals surface area contributed by atoms with Crippen molar-refractivity contribution in [1.82, 2.24) is 19.8 Å². The van der Waals surface area contributed by atoms with Crippen molar-refractivity contribution < 1.29 is 14.3 Å². The summed E-state index contributed by atoms with van der Waals surface area (Å²) in [6, 6.07) is 13.4. The van der Waals surface area contributed by atoms with Crippen LogP contribution in [0.2, 0.25) is 0 Å². The number of aryl methyl sites for hydroxylation is 3. The molecule has 0 bridgehead atoms. The number of para-hydroxylation sites is 1. The number of fused-ring (bicyclic) bond motifs is 2. The summed E-state index contributed by atoms with van der Waals surface area (Å²) in [5, 5.41) is 3.20. The van der Waals surface area contributed by atoms with Gasteiger partial charge in [-0.15, -0.1) is 0 Å². The Morgan fingerprint density at radius 3 is 2.64 bits per heavy atom. The molecule has 0 unspecified atom stereocenters. The predicted molar refractivity (Wildman–Crippen MR) is 151 cm³/mol. The van der Waals surface area contributed by atoms with E-state index in [9.17, 15) is 14.4 Å². The van der Waals surface area contributed by atoms with Crippen LogP contribution in [0.1, 0.15) is 67.6 Å². The van der Waals surface area contributed by atoms with E-state index in [0.717, 1.165) is 36.9 Å². The lowest BCUT2D eigenvalue weighted by atomic mass is 9.73. The van der Waals surface area contributed by atoms with Crippen molar-refractivity contribution in [3.05, 3.63) is 69.6 Å². The molecule has 8 nitrogen and oxygen atoms in total. The van der Waals surface area contributed by atoms with Crippen LogP contribution in [0.4, 0.5) is 0 Å². The molecule has 1 aromatic heterocycles. The lowest BCUT2D eigenvalue weighted by Gasteiger charge is -2.41. The second kappa shape index (κ2) is 11.2. The highest BCUT2D eigenvalue weighted by molar-refractivity contribution is 5.97. The van der Waals surface area contributed by atoms with Crippen molar-refractivity contribution in [3.63, 3.8) is 0 Å². The molecule has 8 heteroatoms. The Balaban J connectivity index is 1.31. The van der Waals surface area contributed by atoms with Crippen LogP contribution in [0.15, 0.2) is 47.3 Å². The number of nitrogens with one attached hydrogen (secondary N) is 1. The van der Waals surface area contributed by atoms with Gasteiger partial charge in [-0.1, -0.05) is 24.6 Å². The molecule has 5 rings (SSSR count). The minimum absolute atomic E-state index is 0.0626. The third-order valence-corrected chi connectivity index (χ3v) is 8.35. The molecule has 2 aromatic carbocycles. The molecule has 1 spiro atoms. The van der Waals surface area contributed by atoms with Crippen molar-refractivity contribution in [1.29, 1.82) is 0 Å². The SMILES string of the molecule is CCn1c(=O)c(C)nc2cc(C(=O)N3CCC4(CCCCc5ccccc5OC[C@H](C)NC4=O)CC3)ccc21. The molecule has 1 N–H and O–H groups in total. The van der Waals surface area contributed by atoms with Gasteiger partial charge in [0.25, 0.3) is 11.5 Å². The number of rotatable bonds is 2. The minimum Gasteiger partial charge on any atom is -0.491 e. The number of hydrogen-bond donors (Lipinski definition) is 1. The molecule has 39 heavy (non-hydrogen) atoms. The Morgan fingerprint density at radius 2 is 1.87 bits per heavy atom. The van der Waals surface area contributed by atoms with Crippen LogP contribution in [-0.4, -0.2) is 52.0 Å². The van der Waals surface area contributed by atoms with Gasteiger partial charge in [0.15, 0.2) is 0 Å². The third kappa shape index (κ3) is 5.42. The summed E-state index contributed by atoms with van der Waals surface area (Å²) in [6.07, 6.45) is 4.93. The first-order valence-corrected chi connectivity index (χ1v) is 14.1. The molecule has 2 amide bonds. The lowest BCUT2D eigenvalue weighted by molar-refractivity contribution is -0.135. The smallest absolute Gasteiger partial charge is 0.272 e. The van der Waals surface area contributed by atoms with E-state index >= 15 is 0 Å². The Hall–Kier alpha value is -3.68. The summed E-state index contributed by atoms with van der Waals surface area (Å²) in [6.45, 7) is 7.62. The number of carbonyl (C=O) groups excluding carboxylic acids is 2. The van der Waals surface area contributed by atoms with Gasteiger partial charge in [-0.2, -0.15) is 0 Å². The maximum atomic E-state index is 13.6. The van der Waals surface area contributed by atoms with Crippen molar-refractivity contribution in [3.8, 4) is 5.75 Å². The summed E-state index contributed by atoms with van der Waals surface area (Å²) >= 11 is 0. The van der Waals surface area contributed by atoms with Gasteiger partial charge in [-0.3, -0.25) is 14.4 Å². The zero-order valence-corrected chi connectivity index (χ0v) is 23.2. The fourth-order valence-electron chi connectivity index (χ4n) is 6.00. The largest absolute Gasteiger partial charge is 0.491 e. The van der Waals surface area contributed by atoms with E-state index in [1.54, 1.807) is 23.6 Å². The average molecular weight is 531 g/mol. The molecule has 1 fully saturated rings. The molecule has 3 aromatic rings. The van der Waals surface area contributed by atoms with Gasteiger partial charge in [0, 0.05) is 25.2 Å². The summed E-state index contributed by atoms with van der Waals surface area (Å²) < 4.78 is 7.75. The van der Waals surface area contributed by atoms with Crippen molar-refractivity contribution in [2.45, 2.75) is 71.9 Å². The number of ether oxygens (including phenoxy) is 1. The van der Waals surface area contributed by atoms with Gasteiger partial charge in [0.05, 0.1) is 22.5 Å². The summed E-state index contributed by atoms with van der Waals surface area (Å²) in [5.74, 6) is 0.910. The Kier molecular flexibility index (Phi) is 7.73. The van der Waals surface area contributed by atoms with Gasteiger partial charge < -0.3 is 19.5 Å². The Bertz CT molecular complexity index is 1440. The molecule has 0 saturated carbocycles. The first-order valence-electron chi connectivity index (χ1n) is 14.1. The van der Waals surface area contributed by atoms with Crippen LogP contribution in [0.3, 0.4) is 0 Å². The summed E-state index contributed by atoms with van der Waals surface area (Å²) in [4.78, 5) is 45.8. The molecule has 1 saturated heterocycles. The van der Waals surface area contributed by atoms with E-state index in [4.69, 9.17) is 4.74 Å². The third-order valence-electron chi connectivity index (χ3n) is 8.35. The van der Waals surface area contributed by atoms with Crippen molar-refractivity contribution in [2.75, 3.05) is 19.7 Å². The highest BCUT2D eigenvalue weighted by atomic mass is 16.5. The zero-order chi connectivity index (χ0) is 27.6. The van der Waals surface area contributed by atoms with Crippen LogP contribution in [0.5, 0.6) is 5.75 Å². The van der Waals surface area contributed by atoms with Crippen molar-refractivity contribution >= 4 is 22.8 Å². The highest BCUT2D eigenvalue weighted by Crippen LogP contribution is 2.38. The van der Waals surface area contributed by atoms with Crippen LogP contribution in [-0.2, 0) is 17.8 Å². The number of aromatic nitrogens is 2. The second-order valence-corrected chi connectivity index (χ2v) is 11.0. The molecule has 0 aliphatic carbocycles. The standard InChI is InChI=1S/C31H38N4O4/c1-4-35-26-13-12-24(19-25(26)33-22(3)28(35)36)29(37)34-17-15-31(16-18-34)14-8-7-10-23-9-5-6-11-27(23)39-20-21(2)32-30(31)38/h5-6,9,11-13,19,21H,4,7-8,10,14-18,20H2,1-3H3,(H,32,38)/t21-/m0/s1. The van der Waals surface area contributed by atoms with Crippen LogP contribution >= 0.6 is 0 Å². The quantitative estimate of drug-likeness (QED) is 0.535. The number of benzene rings is 2. The molecule has 1 atom stereocenters. The topological polar surface area (TPSA) is 93.5 Å². The average Bonchev–Trinajstić information content (AvgIpc) is 2.94. The number of likely N-dealkylation sites (tertiary alicyclic amines) is 1. The highest BCUT2D eigenvalue weighted by Gasteiger charge is 2.42. The van der Waals surface area contributed by atoms with E-state index in [2.05, 4.69) is 16.4 Å². The predicted octanol–water partition coefficient (Wildman–Crippen LogP) is 4.26. The fourth-order valence-corrected chi connectivity index (χ4v) is 6.00. The maximum absolute atomic E-state index is 13.6. The Labute approximate surface area is 229 Å². The zero-order valence-electron chi connectivity index (χ0n) is 23.2. The molecule has 0 radical (unpaired) electrons. The fraction of sp³-hybridized carbons (Fsp3) is 0.484. The molecule has 2 aliphatic rings. The van der Waals surface area contributed by atoms with E-state index in [-0.39, 0.29) is 23.4 Å². The monoisotopic (exact) mass is 530 g/mol. The second-order valence-electron chi connectivity index (χ2n) is 11.0. The molecule has 2 aliphatic heterocycles. The number of amides is 2. The van der Waals surface area contributed by atoms with E-state index in [1.165, 1.54) is 5.56 Å². The van der Waals surface area contributed by atoms with Crippen LogP contribution in [0.25, 0.3) is 11.0 Å². The number of piperidine rings is 1. The van der Waals surface area contributed by atoms with Gasteiger partial charge in [0.1, 0.15) is 18.1 Å². The molecule has 3 heterocycles. The van der Waals surface area contributed by atoms with Gasteiger partial charge >= 0.3 is 0 Å². The first-order chi connectivity index (χ1) is 18.8. The normalized spacial score (nSPS) is 19.9. The number of hydrogen-bond acceptors (Lipinski definition) is 5. The maximum Gasteiger partial charge on any atom is 0.272 e. The van der Waals surface area contributed by atoms with E-state index in [1.807, 2.05) is 43.0 Å². The Morgan fingerprint density at radius 1 is 1.10 bits per heavy atom. The molecular weight excluding hydrogens is 492 g/mol. The van der Waals surface area contributed by atoms with Crippen molar-refractivity contribution in [2.24, 2.45) is 5.41 Å². The van der Waals surface area contributed by atoms with Gasteiger partial charge in [-0.25, -0.2) is 4.98 Å². The minimum atomic E-state index is -0.483. The van der Waals surface area contributed by atoms with E-state index in [0.29, 0.717) is 55.9 Å². The number of carbonyl (C=O) groups is 2. The number of nitrogens with zero attached hydrogens (tertiary/aromatic N) is 3. The molecular formula is C31H38N4O4. The molecule has 206 valence electrons. The summed E-state index contributed by atoms with van der Waals surface area (Å²) in [7, 11) is 0. The summed E-state index contributed by atoms with van der Waals surface area (Å²) in [5.41, 5.74) is 2.97. The van der Waals surface area contributed by atoms with Gasteiger partial charge in [-0.05, 0) is 82.7 Å². The lowest BCUT2D eigenvalue weighted by Crippen LogP contribution is -2.52. The van der Waals surface area contributed by atoms with Crippen LogP contribution < -0.4 is 15.6 Å². The van der Waals surface area contributed by atoms with Gasteiger partial charge in [0.2, 0.25) is 5.91 Å².